The first-order chi connectivity index (χ1) is 9.58. The van der Waals surface area contributed by atoms with Gasteiger partial charge in [0.05, 0.1) is 6.10 Å². The molecule has 0 bridgehead atoms. The summed E-state index contributed by atoms with van der Waals surface area (Å²) >= 11 is 1.28. The first-order valence-electron chi connectivity index (χ1n) is 6.50. The molecule has 0 fully saturated rings. The Hall–Kier alpha value is -1.66. The molecule has 0 radical (unpaired) electrons. The standard InChI is InChI=1S/C14H17N3O2S/c1-3-4-11-8-12(19)17-14(16-11)20-13-7-10(9(2)18)5-6-15-13/h5-9,18H,3-4H2,1-2H3,(H,16,17,19). The van der Waals surface area contributed by atoms with Crippen molar-refractivity contribution in [1.29, 1.82) is 0 Å². The Morgan fingerprint density at radius 2 is 2.25 bits per heavy atom. The van der Waals surface area contributed by atoms with E-state index in [9.17, 15) is 9.90 Å². The Morgan fingerprint density at radius 1 is 1.45 bits per heavy atom. The van der Waals surface area contributed by atoms with E-state index >= 15 is 0 Å². The van der Waals surface area contributed by atoms with Crippen LogP contribution < -0.4 is 5.56 Å². The number of aromatic nitrogens is 3. The van der Waals surface area contributed by atoms with Gasteiger partial charge >= 0.3 is 0 Å². The average Bonchev–Trinajstić information content (AvgIpc) is 2.38. The van der Waals surface area contributed by atoms with Crippen molar-refractivity contribution >= 4 is 11.8 Å². The fourth-order valence-corrected chi connectivity index (χ4v) is 2.58. The molecule has 1 unspecified atom stereocenters. The van der Waals surface area contributed by atoms with Gasteiger partial charge in [0.15, 0.2) is 5.16 Å². The fraction of sp³-hybridized carbons (Fsp3) is 0.357. The van der Waals surface area contributed by atoms with Crippen LogP contribution in [0.3, 0.4) is 0 Å². The molecule has 0 spiro atoms. The lowest BCUT2D eigenvalue weighted by atomic mass is 10.2. The molecule has 0 amide bonds. The molecule has 2 aromatic rings. The van der Waals surface area contributed by atoms with Crippen molar-refractivity contribution in [3.05, 3.63) is 46.0 Å². The van der Waals surface area contributed by atoms with Gasteiger partial charge in [0, 0.05) is 18.0 Å². The second-order valence-corrected chi connectivity index (χ2v) is 5.51. The molecule has 2 rings (SSSR count). The molecule has 2 N–H and O–H groups in total. The third-order valence-electron chi connectivity index (χ3n) is 2.72. The van der Waals surface area contributed by atoms with Crippen LogP contribution in [0.5, 0.6) is 0 Å². The molecule has 2 heterocycles. The quantitative estimate of drug-likeness (QED) is 0.827. The lowest BCUT2D eigenvalue weighted by molar-refractivity contribution is 0.199. The smallest absolute Gasteiger partial charge is 0.251 e. The topological polar surface area (TPSA) is 78.9 Å². The summed E-state index contributed by atoms with van der Waals surface area (Å²) in [6, 6.07) is 5.08. The van der Waals surface area contributed by atoms with Gasteiger partial charge in [-0.25, -0.2) is 9.97 Å². The van der Waals surface area contributed by atoms with Crippen molar-refractivity contribution in [2.45, 2.75) is 43.0 Å². The van der Waals surface area contributed by atoms with Crippen molar-refractivity contribution in [2.24, 2.45) is 0 Å². The number of aliphatic hydroxyl groups is 1. The normalized spacial score (nSPS) is 12.3. The summed E-state index contributed by atoms with van der Waals surface area (Å²) in [6.07, 6.45) is 2.81. The number of nitrogens with one attached hydrogen (secondary N) is 1. The largest absolute Gasteiger partial charge is 0.389 e. The van der Waals surface area contributed by atoms with Gasteiger partial charge in [0.2, 0.25) is 0 Å². The van der Waals surface area contributed by atoms with E-state index in [4.69, 9.17) is 0 Å². The van der Waals surface area contributed by atoms with E-state index in [1.807, 2.05) is 6.92 Å². The molecule has 6 heteroatoms. The third kappa shape index (κ3) is 3.91. The highest BCUT2D eigenvalue weighted by molar-refractivity contribution is 7.99. The maximum absolute atomic E-state index is 11.6. The SMILES string of the molecule is CCCc1cc(=O)[nH]c(Sc2cc(C(C)O)ccn2)n1. The Morgan fingerprint density at radius 3 is 2.95 bits per heavy atom. The number of hydrogen-bond donors (Lipinski definition) is 2. The van der Waals surface area contributed by atoms with E-state index in [0.29, 0.717) is 10.2 Å². The zero-order valence-corrected chi connectivity index (χ0v) is 12.3. The minimum atomic E-state index is -0.546. The van der Waals surface area contributed by atoms with E-state index < -0.39 is 6.10 Å². The summed E-state index contributed by atoms with van der Waals surface area (Å²) in [7, 11) is 0. The van der Waals surface area contributed by atoms with Crippen molar-refractivity contribution in [3.63, 3.8) is 0 Å². The summed E-state index contributed by atoms with van der Waals surface area (Å²) in [5.41, 5.74) is 1.41. The number of aryl methyl sites for hydroxylation is 1. The number of pyridine rings is 1. The van der Waals surface area contributed by atoms with Gasteiger partial charge in [-0.2, -0.15) is 0 Å². The maximum Gasteiger partial charge on any atom is 0.251 e. The van der Waals surface area contributed by atoms with Crippen LogP contribution in [0.4, 0.5) is 0 Å². The highest BCUT2D eigenvalue weighted by Crippen LogP contribution is 2.24. The van der Waals surface area contributed by atoms with Crippen molar-refractivity contribution in [2.75, 3.05) is 0 Å². The number of hydrogen-bond acceptors (Lipinski definition) is 5. The van der Waals surface area contributed by atoms with E-state index in [2.05, 4.69) is 15.0 Å². The Bertz CT molecular complexity index is 640. The predicted octanol–water partition coefficient (Wildman–Crippen LogP) is 2.32. The van der Waals surface area contributed by atoms with Crippen LogP contribution in [0.2, 0.25) is 0 Å². The van der Waals surface area contributed by atoms with Gasteiger partial charge < -0.3 is 10.1 Å². The number of H-pyrrole nitrogens is 1. The van der Waals surface area contributed by atoms with Crippen LogP contribution in [0.1, 0.15) is 37.6 Å². The van der Waals surface area contributed by atoms with E-state index in [-0.39, 0.29) is 5.56 Å². The molecule has 5 nitrogen and oxygen atoms in total. The zero-order chi connectivity index (χ0) is 14.5. The molecular formula is C14H17N3O2S. The minimum absolute atomic E-state index is 0.155. The van der Waals surface area contributed by atoms with Gasteiger partial charge in [-0.3, -0.25) is 4.79 Å². The third-order valence-corrected chi connectivity index (χ3v) is 3.54. The average molecular weight is 291 g/mol. The first kappa shape index (κ1) is 14.7. The van der Waals surface area contributed by atoms with Crippen LogP contribution in [0.25, 0.3) is 0 Å². The molecule has 0 aliphatic rings. The molecule has 0 aliphatic heterocycles. The van der Waals surface area contributed by atoms with Crippen molar-refractivity contribution < 1.29 is 5.11 Å². The second kappa shape index (κ2) is 6.67. The highest BCUT2D eigenvalue weighted by Gasteiger charge is 2.07. The van der Waals surface area contributed by atoms with Gasteiger partial charge in [-0.15, -0.1) is 0 Å². The summed E-state index contributed by atoms with van der Waals surface area (Å²) in [5.74, 6) is 0. The Kier molecular flexibility index (Phi) is 4.92. The van der Waals surface area contributed by atoms with E-state index in [1.54, 1.807) is 25.3 Å². The molecule has 0 saturated carbocycles. The highest BCUT2D eigenvalue weighted by atomic mass is 32.2. The Labute approximate surface area is 121 Å². The van der Waals surface area contributed by atoms with Crippen LogP contribution in [-0.4, -0.2) is 20.1 Å². The lowest BCUT2D eigenvalue weighted by Gasteiger charge is -2.06. The summed E-state index contributed by atoms with van der Waals surface area (Å²) in [6.45, 7) is 3.75. The van der Waals surface area contributed by atoms with Gasteiger partial charge in [0.1, 0.15) is 5.03 Å². The van der Waals surface area contributed by atoms with Crippen LogP contribution in [0, 0.1) is 0 Å². The summed E-state index contributed by atoms with van der Waals surface area (Å²) in [4.78, 5) is 22.9. The van der Waals surface area contributed by atoms with Gasteiger partial charge in [0.25, 0.3) is 5.56 Å². The van der Waals surface area contributed by atoms with Crippen LogP contribution in [-0.2, 0) is 6.42 Å². The van der Waals surface area contributed by atoms with E-state index in [0.717, 1.165) is 24.1 Å². The minimum Gasteiger partial charge on any atom is -0.389 e. The van der Waals surface area contributed by atoms with Gasteiger partial charge in [-0.05, 0) is 42.8 Å². The van der Waals surface area contributed by atoms with Crippen LogP contribution >= 0.6 is 11.8 Å². The molecule has 0 aliphatic carbocycles. The van der Waals surface area contributed by atoms with E-state index in [1.165, 1.54) is 17.8 Å². The Balaban J connectivity index is 2.25. The van der Waals surface area contributed by atoms with Gasteiger partial charge in [-0.1, -0.05) is 13.3 Å². The first-order valence-corrected chi connectivity index (χ1v) is 7.32. The molecule has 20 heavy (non-hydrogen) atoms. The summed E-state index contributed by atoms with van der Waals surface area (Å²) < 4.78 is 0. The number of rotatable bonds is 5. The number of aromatic amines is 1. The molecule has 0 aromatic carbocycles. The monoisotopic (exact) mass is 291 g/mol. The maximum atomic E-state index is 11.6. The van der Waals surface area contributed by atoms with Crippen molar-refractivity contribution in [3.8, 4) is 0 Å². The summed E-state index contributed by atoms with van der Waals surface area (Å²) in [5, 5.41) is 10.8. The fourth-order valence-electron chi connectivity index (χ4n) is 1.76. The van der Waals surface area contributed by atoms with Crippen molar-refractivity contribution in [1.82, 2.24) is 15.0 Å². The molecular weight excluding hydrogens is 274 g/mol. The number of aliphatic hydroxyl groups excluding tert-OH is 1. The number of nitrogens with zero attached hydrogens (tertiary/aromatic N) is 2. The van der Waals surface area contributed by atoms with Crippen LogP contribution in [0.15, 0.2) is 39.4 Å². The molecule has 0 saturated heterocycles. The predicted molar refractivity (Wildman–Crippen MR) is 77.8 cm³/mol. The molecule has 1 atom stereocenters. The molecule has 2 aromatic heterocycles. The lowest BCUT2D eigenvalue weighted by Crippen LogP contribution is -2.09. The molecule has 106 valence electrons. The second-order valence-electron chi connectivity index (χ2n) is 4.50. The zero-order valence-electron chi connectivity index (χ0n) is 11.5.